The fraction of sp³-hybridized carbons (Fsp3) is 0.353. The Morgan fingerprint density at radius 3 is 2.16 bits per heavy atom. The minimum absolute atomic E-state index is 0.0916. The van der Waals surface area contributed by atoms with E-state index in [4.69, 9.17) is 5.26 Å². The van der Waals surface area contributed by atoms with E-state index in [1.807, 2.05) is 6.07 Å². The zero-order valence-electron chi connectivity index (χ0n) is 14.2. The Morgan fingerprint density at radius 1 is 1.08 bits per heavy atom. The summed E-state index contributed by atoms with van der Waals surface area (Å²) in [6.45, 7) is 5.39. The molecule has 0 radical (unpaired) electrons. The van der Waals surface area contributed by atoms with E-state index in [0.29, 0.717) is 28.6 Å². The molecule has 2 heterocycles. The molecule has 0 spiro atoms. The lowest BCUT2D eigenvalue weighted by Crippen LogP contribution is -2.22. The van der Waals surface area contributed by atoms with Crippen molar-refractivity contribution in [3.05, 3.63) is 41.2 Å². The topological polar surface area (TPSA) is 99.0 Å². The van der Waals surface area contributed by atoms with Gasteiger partial charge in [-0.25, -0.2) is 18.4 Å². The van der Waals surface area contributed by atoms with E-state index in [9.17, 15) is 8.42 Å². The fourth-order valence-corrected chi connectivity index (χ4v) is 3.98. The average Bonchev–Trinajstić information content (AvgIpc) is 3.12. The molecule has 0 amide bonds. The zero-order chi connectivity index (χ0) is 18.0. The summed E-state index contributed by atoms with van der Waals surface area (Å²) in [4.78, 5) is 11.1. The van der Waals surface area contributed by atoms with Gasteiger partial charge < -0.3 is 4.90 Å². The molecule has 1 aromatic heterocycles. The molecular weight excluding hydrogens is 338 g/mol. The third kappa shape index (κ3) is 3.56. The molecule has 0 aliphatic carbocycles. The molecular formula is C17H19N5O2S. The van der Waals surface area contributed by atoms with E-state index in [1.165, 1.54) is 24.3 Å². The summed E-state index contributed by atoms with van der Waals surface area (Å²) in [5, 5.41) is 8.82. The Morgan fingerprint density at radius 2 is 1.64 bits per heavy atom. The highest BCUT2D eigenvalue weighted by Gasteiger charge is 2.21. The van der Waals surface area contributed by atoms with Crippen LogP contribution in [0.1, 0.15) is 29.8 Å². The van der Waals surface area contributed by atoms with E-state index in [-0.39, 0.29) is 4.90 Å². The maximum atomic E-state index is 12.6. The van der Waals surface area contributed by atoms with Crippen molar-refractivity contribution in [2.24, 2.45) is 0 Å². The van der Waals surface area contributed by atoms with E-state index in [1.54, 1.807) is 13.8 Å². The van der Waals surface area contributed by atoms with Crippen LogP contribution in [0, 0.1) is 25.2 Å². The standard InChI is InChI=1S/C17H19N5O2S/c1-12-16(13(2)20-17(19-12)22-9-3-4-10-22)21-25(23,24)15-7-5-14(11-18)6-8-15/h5-8,21H,3-4,9-10H2,1-2H3. The minimum atomic E-state index is -3.77. The van der Waals surface area contributed by atoms with Crippen molar-refractivity contribution in [1.29, 1.82) is 5.26 Å². The first-order valence-electron chi connectivity index (χ1n) is 8.04. The Kier molecular flexibility index (Phi) is 4.59. The van der Waals surface area contributed by atoms with Gasteiger partial charge in [-0.1, -0.05) is 0 Å². The Balaban J connectivity index is 1.89. The molecule has 1 fully saturated rings. The fourth-order valence-electron chi connectivity index (χ4n) is 2.81. The maximum Gasteiger partial charge on any atom is 0.262 e. The van der Waals surface area contributed by atoms with Crippen LogP contribution in [0.15, 0.2) is 29.2 Å². The summed E-state index contributed by atoms with van der Waals surface area (Å²) in [6, 6.07) is 7.73. The second-order valence-electron chi connectivity index (χ2n) is 6.01. The number of nitrogens with one attached hydrogen (secondary N) is 1. The first-order chi connectivity index (χ1) is 11.9. The number of sulfonamides is 1. The van der Waals surface area contributed by atoms with Gasteiger partial charge in [0.15, 0.2) is 0 Å². The van der Waals surface area contributed by atoms with Crippen molar-refractivity contribution in [3.8, 4) is 6.07 Å². The van der Waals surface area contributed by atoms with Gasteiger partial charge in [-0.2, -0.15) is 5.26 Å². The van der Waals surface area contributed by atoms with Crippen LogP contribution >= 0.6 is 0 Å². The van der Waals surface area contributed by atoms with Crippen LogP contribution in [0.4, 0.5) is 11.6 Å². The smallest absolute Gasteiger partial charge is 0.262 e. The summed E-state index contributed by atoms with van der Waals surface area (Å²) in [6.07, 6.45) is 2.24. The van der Waals surface area contributed by atoms with Crippen LogP contribution in [-0.4, -0.2) is 31.5 Å². The molecule has 7 nitrogen and oxygen atoms in total. The maximum absolute atomic E-state index is 12.6. The summed E-state index contributed by atoms with van der Waals surface area (Å²) >= 11 is 0. The van der Waals surface area contributed by atoms with Crippen molar-refractivity contribution < 1.29 is 8.42 Å². The van der Waals surface area contributed by atoms with Crippen molar-refractivity contribution in [2.75, 3.05) is 22.7 Å². The first kappa shape index (κ1) is 17.2. The van der Waals surface area contributed by atoms with Crippen LogP contribution in [-0.2, 0) is 10.0 Å². The summed E-state index contributed by atoms with van der Waals surface area (Å²) in [5.41, 5.74) is 1.98. The molecule has 1 saturated heterocycles. The molecule has 2 aromatic rings. The Hall–Kier alpha value is -2.66. The summed E-state index contributed by atoms with van der Waals surface area (Å²) < 4.78 is 27.7. The van der Waals surface area contributed by atoms with Crippen LogP contribution in [0.3, 0.4) is 0 Å². The monoisotopic (exact) mass is 357 g/mol. The van der Waals surface area contributed by atoms with Crippen LogP contribution in [0.2, 0.25) is 0 Å². The normalized spacial score (nSPS) is 14.4. The van der Waals surface area contributed by atoms with Gasteiger partial charge in [0.05, 0.1) is 33.6 Å². The Bertz CT molecular complexity index is 903. The van der Waals surface area contributed by atoms with Crippen molar-refractivity contribution in [1.82, 2.24) is 9.97 Å². The van der Waals surface area contributed by atoms with E-state index >= 15 is 0 Å². The predicted octanol–water partition coefficient (Wildman–Crippen LogP) is 2.37. The summed E-state index contributed by atoms with van der Waals surface area (Å²) in [5.74, 6) is 0.647. The molecule has 0 saturated carbocycles. The van der Waals surface area contributed by atoms with Gasteiger partial charge in [-0.3, -0.25) is 4.72 Å². The molecule has 1 N–H and O–H groups in total. The summed E-state index contributed by atoms with van der Waals surface area (Å²) in [7, 11) is -3.77. The minimum Gasteiger partial charge on any atom is -0.341 e. The SMILES string of the molecule is Cc1nc(N2CCCC2)nc(C)c1NS(=O)(=O)c1ccc(C#N)cc1. The predicted molar refractivity (Wildman–Crippen MR) is 94.9 cm³/mol. The number of hydrogen-bond donors (Lipinski definition) is 1. The largest absolute Gasteiger partial charge is 0.341 e. The van der Waals surface area contributed by atoms with Crippen molar-refractivity contribution >= 4 is 21.7 Å². The van der Waals surface area contributed by atoms with Gasteiger partial charge in [0.1, 0.15) is 0 Å². The van der Waals surface area contributed by atoms with Gasteiger partial charge in [-0.15, -0.1) is 0 Å². The van der Waals surface area contributed by atoms with Gasteiger partial charge in [0.2, 0.25) is 5.95 Å². The van der Waals surface area contributed by atoms with Gasteiger partial charge >= 0.3 is 0 Å². The first-order valence-corrected chi connectivity index (χ1v) is 9.52. The molecule has 0 bridgehead atoms. The highest BCUT2D eigenvalue weighted by molar-refractivity contribution is 7.92. The molecule has 0 atom stereocenters. The molecule has 130 valence electrons. The quantitative estimate of drug-likeness (QED) is 0.902. The number of aryl methyl sites for hydroxylation is 2. The van der Waals surface area contributed by atoms with Gasteiger partial charge in [0.25, 0.3) is 10.0 Å². The van der Waals surface area contributed by atoms with Crippen LogP contribution in [0.5, 0.6) is 0 Å². The second-order valence-corrected chi connectivity index (χ2v) is 7.69. The molecule has 25 heavy (non-hydrogen) atoms. The second kappa shape index (κ2) is 6.69. The lowest BCUT2D eigenvalue weighted by molar-refractivity contribution is 0.601. The van der Waals surface area contributed by atoms with E-state index in [0.717, 1.165) is 25.9 Å². The van der Waals surface area contributed by atoms with Gasteiger partial charge in [-0.05, 0) is 51.0 Å². The van der Waals surface area contributed by atoms with Gasteiger partial charge in [0, 0.05) is 13.1 Å². The van der Waals surface area contributed by atoms with Crippen LogP contribution in [0.25, 0.3) is 0 Å². The molecule has 3 rings (SSSR count). The highest BCUT2D eigenvalue weighted by Crippen LogP contribution is 2.25. The third-order valence-electron chi connectivity index (χ3n) is 4.18. The number of nitrogens with zero attached hydrogens (tertiary/aromatic N) is 4. The number of hydrogen-bond acceptors (Lipinski definition) is 6. The Labute approximate surface area is 147 Å². The third-order valence-corrected chi connectivity index (χ3v) is 5.54. The molecule has 8 heteroatoms. The number of aromatic nitrogens is 2. The number of nitriles is 1. The zero-order valence-corrected chi connectivity index (χ0v) is 15.0. The number of anilines is 2. The average molecular weight is 357 g/mol. The molecule has 1 aromatic carbocycles. The molecule has 1 aliphatic heterocycles. The molecule has 0 unspecified atom stereocenters. The van der Waals surface area contributed by atoms with Crippen molar-refractivity contribution in [2.45, 2.75) is 31.6 Å². The van der Waals surface area contributed by atoms with E-state index < -0.39 is 10.0 Å². The van der Waals surface area contributed by atoms with Crippen molar-refractivity contribution in [3.63, 3.8) is 0 Å². The van der Waals surface area contributed by atoms with Crippen LogP contribution < -0.4 is 9.62 Å². The molecule has 1 aliphatic rings. The van der Waals surface area contributed by atoms with E-state index in [2.05, 4.69) is 19.6 Å². The lowest BCUT2D eigenvalue weighted by Gasteiger charge is -2.19. The number of benzene rings is 1. The highest BCUT2D eigenvalue weighted by atomic mass is 32.2. The lowest BCUT2D eigenvalue weighted by atomic mass is 10.2. The number of rotatable bonds is 4.